The van der Waals surface area contributed by atoms with E-state index in [0.717, 1.165) is 5.69 Å². The van der Waals surface area contributed by atoms with Gasteiger partial charge in [-0.15, -0.1) is 0 Å². The lowest BCUT2D eigenvalue weighted by molar-refractivity contribution is -0.151. The highest BCUT2D eigenvalue weighted by atomic mass is 16.3. The third-order valence-corrected chi connectivity index (χ3v) is 2.47. The SMILES string of the molecule is CC1(O)CN(C(=O)Cc2ccccn2)C1. The van der Waals surface area contributed by atoms with Crippen LogP contribution < -0.4 is 0 Å². The van der Waals surface area contributed by atoms with Crippen LogP contribution in [-0.2, 0) is 11.2 Å². The van der Waals surface area contributed by atoms with Crippen molar-refractivity contribution in [2.24, 2.45) is 0 Å². The fourth-order valence-electron chi connectivity index (χ4n) is 1.72. The Bertz CT molecular complexity index is 354. The number of β-amino-alcohol motifs (C(OH)–C–C–N with tert-alkyl or cyclic N) is 1. The molecule has 80 valence electrons. The van der Waals surface area contributed by atoms with Crippen molar-refractivity contribution in [1.82, 2.24) is 9.88 Å². The average molecular weight is 206 g/mol. The Labute approximate surface area is 88.6 Å². The molecule has 0 atom stereocenters. The van der Waals surface area contributed by atoms with Crippen molar-refractivity contribution in [1.29, 1.82) is 0 Å². The molecule has 15 heavy (non-hydrogen) atoms. The van der Waals surface area contributed by atoms with E-state index in [4.69, 9.17) is 0 Å². The van der Waals surface area contributed by atoms with Crippen molar-refractivity contribution in [3.05, 3.63) is 30.1 Å². The van der Waals surface area contributed by atoms with Crippen LogP contribution in [0.3, 0.4) is 0 Å². The van der Waals surface area contributed by atoms with Crippen LogP contribution in [0.2, 0.25) is 0 Å². The van der Waals surface area contributed by atoms with Crippen molar-refractivity contribution in [3.63, 3.8) is 0 Å². The molecule has 4 heteroatoms. The van der Waals surface area contributed by atoms with E-state index in [-0.39, 0.29) is 5.91 Å². The highest BCUT2D eigenvalue weighted by Gasteiger charge is 2.39. The summed E-state index contributed by atoms with van der Waals surface area (Å²) in [6.07, 6.45) is 1.99. The molecular formula is C11H14N2O2. The summed E-state index contributed by atoms with van der Waals surface area (Å²) in [5.41, 5.74) is 0.0776. The van der Waals surface area contributed by atoms with E-state index in [0.29, 0.717) is 19.5 Å². The summed E-state index contributed by atoms with van der Waals surface area (Å²) in [5.74, 6) is 0.0280. The van der Waals surface area contributed by atoms with E-state index in [1.807, 2.05) is 18.2 Å². The largest absolute Gasteiger partial charge is 0.386 e. The summed E-state index contributed by atoms with van der Waals surface area (Å²) in [7, 11) is 0. The molecule has 4 nitrogen and oxygen atoms in total. The standard InChI is InChI=1S/C11H14N2O2/c1-11(15)7-13(8-11)10(14)6-9-4-2-3-5-12-9/h2-5,15H,6-8H2,1H3. The predicted octanol–water partition coefficient (Wildman–Crippen LogP) is 0.217. The first-order chi connectivity index (χ1) is 7.07. The van der Waals surface area contributed by atoms with Gasteiger partial charge in [-0.3, -0.25) is 9.78 Å². The Hall–Kier alpha value is -1.42. The summed E-state index contributed by atoms with van der Waals surface area (Å²) in [6.45, 7) is 2.59. The Morgan fingerprint density at radius 3 is 2.87 bits per heavy atom. The minimum Gasteiger partial charge on any atom is -0.386 e. The van der Waals surface area contributed by atoms with Gasteiger partial charge in [-0.25, -0.2) is 0 Å². The maximum absolute atomic E-state index is 11.7. The minimum atomic E-state index is -0.695. The second-order valence-electron chi connectivity index (χ2n) is 4.24. The van der Waals surface area contributed by atoms with E-state index in [2.05, 4.69) is 4.98 Å². The van der Waals surface area contributed by atoms with E-state index >= 15 is 0 Å². The van der Waals surface area contributed by atoms with Crippen molar-refractivity contribution < 1.29 is 9.90 Å². The lowest BCUT2D eigenvalue weighted by Crippen LogP contribution is -2.62. The summed E-state index contributed by atoms with van der Waals surface area (Å²) in [4.78, 5) is 17.4. The number of rotatable bonds is 2. The quantitative estimate of drug-likeness (QED) is 0.753. The molecule has 1 amide bonds. The number of aromatic nitrogens is 1. The lowest BCUT2D eigenvalue weighted by atomic mass is 9.96. The zero-order chi connectivity index (χ0) is 10.9. The first-order valence-corrected chi connectivity index (χ1v) is 4.97. The van der Waals surface area contributed by atoms with E-state index in [1.165, 1.54) is 0 Å². The van der Waals surface area contributed by atoms with Crippen molar-refractivity contribution in [3.8, 4) is 0 Å². The monoisotopic (exact) mass is 206 g/mol. The van der Waals surface area contributed by atoms with Crippen LogP contribution in [0.1, 0.15) is 12.6 Å². The maximum Gasteiger partial charge on any atom is 0.228 e. The fourth-order valence-corrected chi connectivity index (χ4v) is 1.72. The second-order valence-corrected chi connectivity index (χ2v) is 4.24. The van der Waals surface area contributed by atoms with Gasteiger partial charge in [-0.05, 0) is 19.1 Å². The number of hydrogen-bond acceptors (Lipinski definition) is 3. The molecule has 1 fully saturated rings. The molecule has 1 N–H and O–H groups in total. The number of likely N-dealkylation sites (tertiary alicyclic amines) is 1. The Morgan fingerprint density at radius 2 is 2.33 bits per heavy atom. The van der Waals surface area contributed by atoms with Crippen LogP contribution in [-0.4, -0.2) is 39.6 Å². The van der Waals surface area contributed by atoms with Crippen LogP contribution in [0.25, 0.3) is 0 Å². The number of aliphatic hydroxyl groups is 1. The molecule has 0 bridgehead atoms. The van der Waals surface area contributed by atoms with Crippen LogP contribution in [0, 0.1) is 0 Å². The normalized spacial score (nSPS) is 18.4. The molecule has 0 aliphatic carbocycles. The van der Waals surface area contributed by atoms with Gasteiger partial charge in [0.15, 0.2) is 0 Å². The van der Waals surface area contributed by atoms with Gasteiger partial charge in [-0.1, -0.05) is 6.07 Å². The first kappa shape index (κ1) is 10.1. The number of amides is 1. The average Bonchev–Trinajstić information content (AvgIpc) is 2.15. The van der Waals surface area contributed by atoms with Gasteiger partial charge in [-0.2, -0.15) is 0 Å². The summed E-state index contributed by atoms with van der Waals surface area (Å²) in [5, 5.41) is 9.49. The second kappa shape index (κ2) is 3.62. The number of nitrogens with zero attached hydrogens (tertiary/aromatic N) is 2. The van der Waals surface area contributed by atoms with Gasteiger partial charge in [0, 0.05) is 11.9 Å². The molecule has 0 saturated carbocycles. The molecule has 0 radical (unpaired) electrons. The van der Waals surface area contributed by atoms with Gasteiger partial charge in [0.05, 0.1) is 25.1 Å². The van der Waals surface area contributed by atoms with Crippen molar-refractivity contribution in [2.45, 2.75) is 18.9 Å². The molecule has 2 rings (SSSR count). The molecular weight excluding hydrogens is 192 g/mol. The minimum absolute atomic E-state index is 0.0280. The lowest BCUT2D eigenvalue weighted by Gasteiger charge is -2.44. The number of carbonyl (C=O) groups excluding carboxylic acids is 1. The van der Waals surface area contributed by atoms with Crippen LogP contribution in [0.4, 0.5) is 0 Å². The van der Waals surface area contributed by atoms with E-state index in [9.17, 15) is 9.90 Å². The van der Waals surface area contributed by atoms with Crippen LogP contribution >= 0.6 is 0 Å². The van der Waals surface area contributed by atoms with Crippen molar-refractivity contribution >= 4 is 5.91 Å². The van der Waals surface area contributed by atoms with Gasteiger partial charge < -0.3 is 10.0 Å². The zero-order valence-electron chi connectivity index (χ0n) is 8.68. The summed E-state index contributed by atoms with van der Waals surface area (Å²) < 4.78 is 0. The Balaban J connectivity index is 1.89. The Morgan fingerprint density at radius 1 is 1.60 bits per heavy atom. The third-order valence-electron chi connectivity index (χ3n) is 2.47. The topological polar surface area (TPSA) is 53.4 Å². The summed E-state index contributed by atoms with van der Waals surface area (Å²) >= 11 is 0. The summed E-state index contributed by atoms with van der Waals surface area (Å²) in [6, 6.07) is 5.51. The molecule has 1 aliphatic rings. The number of hydrogen-bond donors (Lipinski definition) is 1. The van der Waals surface area contributed by atoms with E-state index < -0.39 is 5.60 Å². The highest BCUT2D eigenvalue weighted by molar-refractivity contribution is 5.79. The van der Waals surface area contributed by atoms with Crippen LogP contribution in [0.15, 0.2) is 24.4 Å². The van der Waals surface area contributed by atoms with Gasteiger partial charge >= 0.3 is 0 Å². The van der Waals surface area contributed by atoms with Gasteiger partial charge in [0.2, 0.25) is 5.91 Å². The van der Waals surface area contributed by atoms with Gasteiger partial charge in [0.1, 0.15) is 0 Å². The van der Waals surface area contributed by atoms with Crippen molar-refractivity contribution in [2.75, 3.05) is 13.1 Å². The molecule has 1 aromatic rings. The van der Waals surface area contributed by atoms with Gasteiger partial charge in [0.25, 0.3) is 0 Å². The smallest absolute Gasteiger partial charge is 0.228 e. The Kier molecular flexibility index (Phi) is 2.44. The molecule has 1 aliphatic heterocycles. The molecule has 1 saturated heterocycles. The number of pyridine rings is 1. The molecule has 0 unspecified atom stereocenters. The molecule has 0 aromatic carbocycles. The third kappa shape index (κ3) is 2.33. The predicted molar refractivity (Wildman–Crippen MR) is 55.1 cm³/mol. The number of carbonyl (C=O) groups is 1. The maximum atomic E-state index is 11.7. The fraction of sp³-hybridized carbons (Fsp3) is 0.455. The molecule has 2 heterocycles. The van der Waals surface area contributed by atoms with E-state index in [1.54, 1.807) is 18.0 Å². The zero-order valence-corrected chi connectivity index (χ0v) is 8.68. The molecule has 0 spiro atoms. The highest BCUT2D eigenvalue weighted by Crippen LogP contribution is 2.20. The van der Waals surface area contributed by atoms with Crippen LogP contribution in [0.5, 0.6) is 0 Å². The first-order valence-electron chi connectivity index (χ1n) is 4.97. The molecule has 1 aromatic heterocycles.